The van der Waals surface area contributed by atoms with Gasteiger partial charge in [0.2, 0.25) is 5.91 Å². The number of ether oxygens (including phenoxy) is 1. The molecule has 5 nitrogen and oxygen atoms in total. The number of aliphatic hydroxyl groups excluding tert-OH is 1. The Morgan fingerprint density at radius 2 is 2.18 bits per heavy atom. The van der Waals surface area contributed by atoms with E-state index in [1.54, 1.807) is 7.11 Å². The van der Waals surface area contributed by atoms with E-state index in [9.17, 15) is 4.79 Å². The molecule has 1 fully saturated rings. The molecule has 0 saturated carbocycles. The Balaban J connectivity index is 2.65. The summed E-state index contributed by atoms with van der Waals surface area (Å²) in [6, 6.07) is -0.147. The number of aliphatic hydroxyl groups is 1. The van der Waals surface area contributed by atoms with Crippen molar-refractivity contribution in [1.29, 1.82) is 0 Å². The fourth-order valence-corrected chi connectivity index (χ4v) is 2.23. The summed E-state index contributed by atoms with van der Waals surface area (Å²) in [6.45, 7) is 4.07. The topological polar surface area (TPSA) is 70.6 Å². The van der Waals surface area contributed by atoms with Crippen molar-refractivity contribution >= 4 is 5.91 Å². The maximum Gasteiger partial charge on any atom is 0.228 e. The highest BCUT2D eigenvalue weighted by molar-refractivity contribution is 5.83. The molecule has 0 bridgehead atoms. The Morgan fingerprint density at radius 3 is 2.65 bits per heavy atom. The number of methoxy groups -OCH3 is 1. The van der Waals surface area contributed by atoms with Gasteiger partial charge in [-0.3, -0.25) is 4.79 Å². The van der Waals surface area contributed by atoms with Crippen molar-refractivity contribution in [2.24, 2.45) is 5.41 Å². The fourth-order valence-electron chi connectivity index (χ4n) is 2.23. The van der Waals surface area contributed by atoms with Crippen LogP contribution in [0.4, 0.5) is 0 Å². The van der Waals surface area contributed by atoms with Crippen LogP contribution in [-0.2, 0) is 9.53 Å². The van der Waals surface area contributed by atoms with Crippen LogP contribution in [0.2, 0.25) is 0 Å². The second kappa shape index (κ2) is 6.93. The molecule has 17 heavy (non-hydrogen) atoms. The Bertz CT molecular complexity index is 230. The van der Waals surface area contributed by atoms with E-state index in [4.69, 9.17) is 9.84 Å². The minimum absolute atomic E-state index is 0.0104. The van der Waals surface area contributed by atoms with Gasteiger partial charge in [0, 0.05) is 7.11 Å². The highest BCUT2D eigenvalue weighted by Gasteiger charge is 2.40. The summed E-state index contributed by atoms with van der Waals surface area (Å²) in [4.78, 5) is 12.3. The van der Waals surface area contributed by atoms with Crippen molar-refractivity contribution in [3.8, 4) is 0 Å². The van der Waals surface area contributed by atoms with Crippen LogP contribution in [0.25, 0.3) is 0 Å². The third kappa shape index (κ3) is 3.66. The normalized spacial score (nSPS) is 20.9. The lowest BCUT2D eigenvalue weighted by atomic mass is 9.78. The maximum absolute atomic E-state index is 12.3. The highest BCUT2D eigenvalue weighted by Crippen LogP contribution is 2.29. The van der Waals surface area contributed by atoms with Gasteiger partial charge in [-0.05, 0) is 32.4 Å². The molecule has 1 atom stereocenters. The van der Waals surface area contributed by atoms with Crippen molar-refractivity contribution in [3.05, 3.63) is 0 Å². The fraction of sp³-hybridized carbons (Fsp3) is 0.917. The Labute approximate surface area is 103 Å². The summed E-state index contributed by atoms with van der Waals surface area (Å²) in [6.07, 6.45) is 2.31. The Hall–Kier alpha value is -0.650. The van der Waals surface area contributed by atoms with Crippen LogP contribution in [0, 0.1) is 5.41 Å². The number of carbonyl (C=O) groups excluding carboxylic acids is 1. The molecule has 3 N–H and O–H groups in total. The molecule has 0 unspecified atom stereocenters. The molecule has 0 aromatic carbocycles. The van der Waals surface area contributed by atoms with E-state index in [1.807, 2.05) is 6.92 Å². The number of hydrogen-bond donors (Lipinski definition) is 3. The van der Waals surface area contributed by atoms with E-state index >= 15 is 0 Å². The third-order valence-corrected chi connectivity index (χ3v) is 3.51. The summed E-state index contributed by atoms with van der Waals surface area (Å²) in [5.74, 6) is 0.0155. The van der Waals surface area contributed by atoms with Gasteiger partial charge in [0.1, 0.15) is 0 Å². The third-order valence-electron chi connectivity index (χ3n) is 3.51. The van der Waals surface area contributed by atoms with Crippen LogP contribution >= 0.6 is 0 Å². The standard InChI is InChI=1S/C12H24N2O3/c1-3-10(8-15)14-11(16)12(9-17-2)4-6-13-7-5-12/h10,13,15H,3-9H2,1-2H3,(H,14,16)/t10-/m0/s1. The lowest BCUT2D eigenvalue weighted by Crippen LogP contribution is -2.53. The second-order valence-corrected chi connectivity index (χ2v) is 4.72. The molecule has 1 aliphatic heterocycles. The summed E-state index contributed by atoms with van der Waals surface area (Å²) in [7, 11) is 1.63. The predicted octanol–water partition coefficient (Wildman–Crippen LogP) is -0.110. The van der Waals surface area contributed by atoms with E-state index < -0.39 is 5.41 Å². The zero-order chi connectivity index (χ0) is 12.7. The van der Waals surface area contributed by atoms with Crippen LogP contribution in [0.15, 0.2) is 0 Å². The summed E-state index contributed by atoms with van der Waals surface area (Å²) < 4.78 is 5.20. The number of hydrogen-bond acceptors (Lipinski definition) is 4. The van der Waals surface area contributed by atoms with Crippen molar-refractivity contribution < 1.29 is 14.6 Å². The molecule has 1 rings (SSSR count). The number of rotatable bonds is 6. The van der Waals surface area contributed by atoms with Gasteiger partial charge in [-0.25, -0.2) is 0 Å². The minimum atomic E-state index is -0.428. The number of amides is 1. The first-order valence-electron chi connectivity index (χ1n) is 6.30. The Morgan fingerprint density at radius 1 is 1.53 bits per heavy atom. The second-order valence-electron chi connectivity index (χ2n) is 4.72. The predicted molar refractivity (Wildman–Crippen MR) is 65.7 cm³/mol. The van der Waals surface area contributed by atoms with Crippen LogP contribution in [0.3, 0.4) is 0 Å². The monoisotopic (exact) mass is 244 g/mol. The molecule has 1 amide bonds. The number of carbonyl (C=O) groups is 1. The van der Waals surface area contributed by atoms with Gasteiger partial charge in [-0.1, -0.05) is 6.92 Å². The molecule has 0 aromatic heterocycles. The number of piperidine rings is 1. The van der Waals surface area contributed by atoms with E-state index in [0.29, 0.717) is 6.61 Å². The molecule has 0 radical (unpaired) electrons. The average Bonchev–Trinajstić information content (AvgIpc) is 2.37. The molecule has 1 saturated heterocycles. The largest absolute Gasteiger partial charge is 0.394 e. The van der Waals surface area contributed by atoms with Gasteiger partial charge >= 0.3 is 0 Å². The van der Waals surface area contributed by atoms with Gasteiger partial charge in [-0.15, -0.1) is 0 Å². The molecule has 5 heteroatoms. The van der Waals surface area contributed by atoms with Crippen molar-refractivity contribution in [2.75, 3.05) is 33.4 Å². The first-order chi connectivity index (χ1) is 8.18. The zero-order valence-corrected chi connectivity index (χ0v) is 10.8. The summed E-state index contributed by atoms with van der Waals surface area (Å²) in [5.41, 5.74) is -0.428. The summed E-state index contributed by atoms with van der Waals surface area (Å²) >= 11 is 0. The molecule has 0 aromatic rings. The van der Waals surface area contributed by atoms with Gasteiger partial charge in [0.05, 0.1) is 24.7 Å². The minimum Gasteiger partial charge on any atom is -0.394 e. The quantitative estimate of drug-likeness (QED) is 0.610. The van der Waals surface area contributed by atoms with Gasteiger partial charge in [0.15, 0.2) is 0 Å². The van der Waals surface area contributed by atoms with Crippen LogP contribution < -0.4 is 10.6 Å². The SMILES string of the molecule is CC[C@@H](CO)NC(=O)C1(COC)CCNCC1. The zero-order valence-electron chi connectivity index (χ0n) is 10.8. The first-order valence-corrected chi connectivity index (χ1v) is 6.30. The summed E-state index contributed by atoms with van der Waals surface area (Å²) in [5, 5.41) is 15.3. The first kappa shape index (κ1) is 14.4. The lowest BCUT2D eigenvalue weighted by Gasteiger charge is -2.36. The van der Waals surface area contributed by atoms with E-state index in [0.717, 1.165) is 32.4 Å². The van der Waals surface area contributed by atoms with Crippen LogP contribution in [-0.4, -0.2) is 50.5 Å². The number of nitrogens with one attached hydrogen (secondary N) is 2. The van der Waals surface area contributed by atoms with Gasteiger partial charge < -0.3 is 20.5 Å². The van der Waals surface area contributed by atoms with Crippen LogP contribution in [0.5, 0.6) is 0 Å². The molecule has 1 heterocycles. The molecular formula is C12H24N2O3. The molecule has 1 aliphatic rings. The van der Waals surface area contributed by atoms with Gasteiger partial charge in [0.25, 0.3) is 0 Å². The maximum atomic E-state index is 12.3. The van der Waals surface area contributed by atoms with Crippen molar-refractivity contribution in [1.82, 2.24) is 10.6 Å². The van der Waals surface area contributed by atoms with E-state index in [2.05, 4.69) is 10.6 Å². The molecular weight excluding hydrogens is 220 g/mol. The Kier molecular flexibility index (Phi) is 5.88. The van der Waals surface area contributed by atoms with Crippen LogP contribution in [0.1, 0.15) is 26.2 Å². The highest BCUT2D eigenvalue weighted by atomic mass is 16.5. The van der Waals surface area contributed by atoms with Crippen molar-refractivity contribution in [3.63, 3.8) is 0 Å². The van der Waals surface area contributed by atoms with Gasteiger partial charge in [-0.2, -0.15) is 0 Å². The van der Waals surface area contributed by atoms with E-state index in [1.165, 1.54) is 0 Å². The molecule has 0 spiro atoms. The lowest BCUT2D eigenvalue weighted by molar-refractivity contribution is -0.137. The van der Waals surface area contributed by atoms with E-state index in [-0.39, 0.29) is 18.6 Å². The smallest absolute Gasteiger partial charge is 0.228 e. The average molecular weight is 244 g/mol. The molecule has 100 valence electrons. The van der Waals surface area contributed by atoms with Crippen molar-refractivity contribution in [2.45, 2.75) is 32.2 Å². The molecule has 0 aliphatic carbocycles.